The fourth-order valence-electron chi connectivity index (χ4n) is 1.62. The predicted octanol–water partition coefficient (Wildman–Crippen LogP) is 3.36. The van der Waals surface area contributed by atoms with E-state index in [1.54, 1.807) is 0 Å². The topological polar surface area (TPSA) is 35.2 Å². The van der Waals surface area contributed by atoms with Crippen LogP contribution < -0.4 is 10.5 Å². The highest BCUT2D eigenvalue weighted by atomic mass is 19.1. The number of halogens is 3. The van der Waals surface area contributed by atoms with E-state index in [-0.39, 0.29) is 22.6 Å². The van der Waals surface area contributed by atoms with E-state index in [1.807, 2.05) is 0 Å². The number of nitrogen functional groups attached to an aromatic ring is 1. The van der Waals surface area contributed by atoms with Gasteiger partial charge < -0.3 is 10.5 Å². The molecule has 0 aliphatic rings. The second kappa shape index (κ2) is 4.60. The summed E-state index contributed by atoms with van der Waals surface area (Å²) in [4.78, 5) is 0. The first-order valence-corrected chi connectivity index (χ1v) is 5.11. The van der Waals surface area contributed by atoms with Crippen LogP contribution in [0.4, 0.5) is 18.9 Å². The van der Waals surface area contributed by atoms with Crippen LogP contribution in [0, 0.1) is 17.5 Å². The molecular formula is C13H10F3NO. The maximum absolute atomic E-state index is 13.6. The summed E-state index contributed by atoms with van der Waals surface area (Å²) in [5, 5.41) is 0. The molecule has 0 bridgehead atoms. The minimum absolute atomic E-state index is 0.0371. The van der Waals surface area contributed by atoms with Crippen molar-refractivity contribution >= 4 is 5.69 Å². The van der Waals surface area contributed by atoms with E-state index < -0.39 is 17.5 Å². The third-order valence-electron chi connectivity index (χ3n) is 2.55. The Hall–Kier alpha value is -2.17. The Kier molecular flexibility index (Phi) is 3.14. The van der Waals surface area contributed by atoms with Crippen LogP contribution in [-0.2, 0) is 0 Å². The van der Waals surface area contributed by atoms with Crippen LogP contribution >= 0.6 is 0 Å². The van der Waals surface area contributed by atoms with Crippen LogP contribution in [0.15, 0.2) is 30.3 Å². The van der Waals surface area contributed by atoms with Gasteiger partial charge in [0.05, 0.1) is 12.8 Å². The number of rotatable bonds is 2. The quantitative estimate of drug-likeness (QED) is 0.833. The minimum atomic E-state index is -0.748. The van der Waals surface area contributed by atoms with Crippen LogP contribution in [0.2, 0.25) is 0 Å². The minimum Gasteiger partial charge on any atom is -0.494 e. The zero-order chi connectivity index (χ0) is 13.3. The standard InChI is InChI=1S/C13H10F3NO/c1-18-13-3-2-7(4-11(13)16)8-5-10(15)12(17)6-9(8)14/h2-6H,17H2,1H3. The van der Waals surface area contributed by atoms with Crippen molar-refractivity contribution < 1.29 is 17.9 Å². The van der Waals surface area contributed by atoms with E-state index in [1.165, 1.54) is 19.2 Å². The molecule has 0 spiro atoms. The Labute approximate surface area is 102 Å². The van der Waals surface area contributed by atoms with E-state index in [0.29, 0.717) is 0 Å². The van der Waals surface area contributed by atoms with Crippen LogP contribution in [0.1, 0.15) is 0 Å². The van der Waals surface area contributed by atoms with Crippen LogP contribution in [0.25, 0.3) is 11.1 Å². The van der Waals surface area contributed by atoms with Gasteiger partial charge >= 0.3 is 0 Å². The molecule has 0 saturated heterocycles. The van der Waals surface area contributed by atoms with Gasteiger partial charge in [-0.2, -0.15) is 0 Å². The molecule has 0 aliphatic carbocycles. The predicted molar refractivity (Wildman–Crippen MR) is 62.7 cm³/mol. The summed E-state index contributed by atoms with van der Waals surface area (Å²) < 4.78 is 45.1. The van der Waals surface area contributed by atoms with Crippen molar-refractivity contribution in [2.45, 2.75) is 0 Å². The molecule has 2 aromatic carbocycles. The molecule has 0 aliphatic heterocycles. The molecule has 0 heterocycles. The third-order valence-corrected chi connectivity index (χ3v) is 2.55. The third kappa shape index (κ3) is 2.11. The van der Waals surface area contributed by atoms with Crippen molar-refractivity contribution in [1.29, 1.82) is 0 Å². The Morgan fingerprint density at radius 1 is 0.944 bits per heavy atom. The Morgan fingerprint density at radius 2 is 1.67 bits per heavy atom. The number of anilines is 1. The molecule has 94 valence electrons. The lowest BCUT2D eigenvalue weighted by atomic mass is 10.0. The van der Waals surface area contributed by atoms with Crippen LogP contribution in [0.3, 0.4) is 0 Å². The smallest absolute Gasteiger partial charge is 0.165 e. The van der Waals surface area contributed by atoms with Gasteiger partial charge in [-0.1, -0.05) is 6.07 Å². The molecule has 5 heteroatoms. The number of hydrogen-bond donors (Lipinski definition) is 1. The molecule has 0 radical (unpaired) electrons. The SMILES string of the molecule is COc1ccc(-c2cc(F)c(N)cc2F)cc1F. The Balaban J connectivity index is 2.55. The molecule has 18 heavy (non-hydrogen) atoms. The molecule has 0 fully saturated rings. The summed E-state index contributed by atoms with van der Waals surface area (Å²) in [6, 6.07) is 5.67. The van der Waals surface area contributed by atoms with Gasteiger partial charge in [0.2, 0.25) is 0 Å². The first kappa shape index (κ1) is 12.3. The van der Waals surface area contributed by atoms with Gasteiger partial charge in [0.1, 0.15) is 11.6 Å². The molecule has 0 saturated carbocycles. The second-order valence-corrected chi connectivity index (χ2v) is 3.70. The molecule has 0 aromatic heterocycles. The fourth-order valence-corrected chi connectivity index (χ4v) is 1.62. The second-order valence-electron chi connectivity index (χ2n) is 3.70. The first-order chi connectivity index (χ1) is 8.52. The summed E-state index contributed by atoms with van der Waals surface area (Å²) in [6.45, 7) is 0. The summed E-state index contributed by atoms with van der Waals surface area (Å²) in [6.07, 6.45) is 0. The zero-order valence-electron chi connectivity index (χ0n) is 9.51. The molecule has 0 amide bonds. The van der Waals surface area contributed by atoms with Gasteiger partial charge in [0.25, 0.3) is 0 Å². The van der Waals surface area contributed by atoms with E-state index in [0.717, 1.165) is 18.2 Å². The lowest BCUT2D eigenvalue weighted by Crippen LogP contribution is -1.95. The lowest BCUT2D eigenvalue weighted by Gasteiger charge is -2.08. The van der Waals surface area contributed by atoms with Crippen molar-refractivity contribution in [1.82, 2.24) is 0 Å². The number of benzene rings is 2. The molecule has 2 aromatic rings. The largest absolute Gasteiger partial charge is 0.494 e. The van der Waals surface area contributed by atoms with Gasteiger partial charge in [0.15, 0.2) is 11.6 Å². The molecule has 2 nitrogen and oxygen atoms in total. The monoisotopic (exact) mass is 253 g/mol. The van der Waals surface area contributed by atoms with Crippen LogP contribution in [0.5, 0.6) is 5.75 Å². The van der Waals surface area contributed by atoms with Gasteiger partial charge in [-0.05, 0) is 23.8 Å². The summed E-state index contributed by atoms with van der Waals surface area (Å²) in [5.74, 6) is -2.07. The number of hydrogen-bond acceptors (Lipinski definition) is 2. The van der Waals surface area contributed by atoms with Crippen molar-refractivity contribution in [2.24, 2.45) is 0 Å². The average Bonchev–Trinajstić information content (AvgIpc) is 2.33. The number of ether oxygens (including phenoxy) is 1. The molecule has 0 atom stereocenters. The first-order valence-electron chi connectivity index (χ1n) is 5.11. The maximum atomic E-state index is 13.6. The molecule has 2 rings (SSSR count). The highest BCUT2D eigenvalue weighted by Gasteiger charge is 2.12. The molecule has 0 unspecified atom stereocenters. The molecule has 2 N–H and O–H groups in total. The summed E-state index contributed by atoms with van der Waals surface area (Å²) in [5.41, 5.74) is 5.11. The highest BCUT2D eigenvalue weighted by Crippen LogP contribution is 2.29. The summed E-state index contributed by atoms with van der Waals surface area (Å²) >= 11 is 0. The molecular weight excluding hydrogens is 243 g/mol. The number of methoxy groups -OCH3 is 1. The fraction of sp³-hybridized carbons (Fsp3) is 0.0769. The Morgan fingerprint density at radius 3 is 2.28 bits per heavy atom. The van der Waals surface area contributed by atoms with E-state index >= 15 is 0 Å². The van der Waals surface area contributed by atoms with Gasteiger partial charge in [-0.25, -0.2) is 13.2 Å². The normalized spacial score (nSPS) is 10.4. The highest BCUT2D eigenvalue weighted by molar-refractivity contribution is 5.67. The van der Waals surface area contributed by atoms with Gasteiger partial charge in [-0.15, -0.1) is 0 Å². The average molecular weight is 253 g/mol. The lowest BCUT2D eigenvalue weighted by molar-refractivity contribution is 0.386. The van der Waals surface area contributed by atoms with Gasteiger partial charge in [0, 0.05) is 11.6 Å². The van der Waals surface area contributed by atoms with Crippen LogP contribution in [-0.4, -0.2) is 7.11 Å². The van der Waals surface area contributed by atoms with Crippen molar-refractivity contribution in [3.63, 3.8) is 0 Å². The Bertz CT molecular complexity index is 599. The number of nitrogens with two attached hydrogens (primary N) is 1. The van der Waals surface area contributed by atoms with E-state index in [9.17, 15) is 13.2 Å². The van der Waals surface area contributed by atoms with Gasteiger partial charge in [-0.3, -0.25) is 0 Å². The summed E-state index contributed by atoms with van der Waals surface area (Å²) in [7, 11) is 1.32. The maximum Gasteiger partial charge on any atom is 0.165 e. The van der Waals surface area contributed by atoms with E-state index in [2.05, 4.69) is 0 Å². The zero-order valence-corrected chi connectivity index (χ0v) is 9.51. The van der Waals surface area contributed by atoms with Crippen molar-refractivity contribution in [2.75, 3.05) is 12.8 Å². The van der Waals surface area contributed by atoms with E-state index in [4.69, 9.17) is 10.5 Å². The van der Waals surface area contributed by atoms with Crippen molar-refractivity contribution in [3.8, 4) is 16.9 Å². The van der Waals surface area contributed by atoms with Crippen molar-refractivity contribution in [3.05, 3.63) is 47.8 Å².